The minimum Gasteiger partial charge on any atom is -0.290 e. The maximum absolute atomic E-state index is 14.2. The maximum atomic E-state index is 14.2. The van der Waals surface area contributed by atoms with E-state index >= 15 is 0 Å². The number of carbonyl (C=O) groups is 1. The highest BCUT2D eigenvalue weighted by Crippen LogP contribution is 2.47. The standard InChI is InChI=1S/C27H21Cl2FN4O3S2/c1-16-13-31-26(38-16)25(35)27-12-17-14-32-34(20-4-2-19(30)3-5-20)24(17)10-18(27)8-9-33(15-27)39(36,37)21-6-7-22(28)23(29)11-21/h2-7,10-11,13-14H,8-9,12,15H2,1H3/t27-/m0/s1. The predicted molar refractivity (Wildman–Crippen MR) is 149 cm³/mol. The molecule has 200 valence electrons. The monoisotopic (exact) mass is 602 g/mol. The molecule has 0 saturated carbocycles. The first-order valence-electron chi connectivity index (χ1n) is 12.0. The van der Waals surface area contributed by atoms with Crippen LogP contribution in [0.3, 0.4) is 0 Å². The second-order valence-corrected chi connectivity index (χ2v) is 13.6. The van der Waals surface area contributed by atoms with Gasteiger partial charge in [0.2, 0.25) is 15.8 Å². The van der Waals surface area contributed by atoms with Crippen LogP contribution in [0.5, 0.6) is 0 Å². The average molecular weight is 604 g/mol. The van der Waals surface area contributed by atoms with Crippen molar-refractivity contribution in [1.82, 2.24) is 19.1 Å². The summed E-state index contributed by atoms with van der Waals surface area (Å²) >= 11 is 13.4. The number of Topliss-reactive ketones (excluding diaryl/α,β-unsaturated/α-hetero) is 1. The van der Waals surface area contributed by atoms with Crippen LogP contribution in [0, 0.1) is 18.2 Å². The van der Waals surface area contributed by atoms with Gasteiger partial charge >= 0.3 is 0 Å². The van der Waals surface area contributed by atoms with Crippen LogP contribution in [0.25, 0.3) is 11.8 Å². The van der Waals surface area contributed by atoms with E-state index in [2.05, 4.69) is 10.1 Å². The number of rotatable bonds is 5. The summed E-state index contributed by atoms with van der Waals surface area (Å²) in [5, 5.41) is 5.24. The molecule has 7 nitrogen and oxygen atoms in total. The molecule has 0 amide bonds. The molecule has 0 spiro atoms. The zero-order valence-corrected chi connectivity index (χ0v) is 23.7. The summed E-state index contributed by atoms with van der Waals surface area (Å²) in [6.45, 7) is 2.00. The van der Waals surface area contributed by atoms with E-state index in [0.29, 0.717) is 17.1 Å². The molecule has 1 aliphatic carbocycles. The molecule has 1 aliphatic heterocycles. The number of benzene rings is 2. The first kappa shape index (κ1) is 26.3. The zero-order chi connectivity index (χ0) is 27.5. The second-order valence-electron chi connectivity index (χ2n) is 9.64. The van der Waals surface area contributed by atoms with Crippen LogP contribution in [0.2, 0.25) is 10.0 Å². The summed E-state index contributed by atoms with van der Waals surface area (Å²) in [6.07, 6.45) is 5.84. The van der Waals surface area contributed by atoms with Crippen LogP contribution in [0.4, 0.5) is 4.39 Å². The third-order valence-corrected chi connectivity index (χ3v) is 10.7. The second kappa shape index (κ2) is 9.64. The van der Waals surface area contributed by atoms with Crippen LogP contribution >= 0.6 is 34.5 Å². The van der Waals surface area contributed by atoms with Gasteiger partial charge in [0.05, 0.1) is 37.9 Å². The van der Waals surface area contributed by atoms with Gasteiger partial charge in [-0.1, -0.05) is 28.8 Å². The van der Waals surface area contributed by atoms with E-state index in [0.717, 1.165) is 21.7 Å². The van der Waals surface area contributed by atoms with Crippen LogP contribution in [-0.4, -0.2) is 46.4 Å². The Labute approximate surface area is 238 Å². The summed E-state index contributed by atoms with van der Waals surface area (Å²) in [5.74, 6) is -0.571. The van der Waals surface area contributed by atoms with Gasteiger partial charge in [0.25, 0.3) is 0 Å². The molecule has 0 N–H and O–H groups in total. The topological polar surface area (TPSA) is 85.2 Å². The molecule has 4 aromatic rings. The van der Waals surface area contributed by atoms with Crippen molar-refractivity contribution in [3.8, 4) is 5.69 Å². The Kier molecular flexibility index (Phi) is 6.51. The number of sulfonamides is 1. The number of halogens is 3. The Hall–Kier alpha value is -2.89. The van der Waals surface area contributed by atoms with Gasteiger partial charge in [-0.2, -0.15) is 9.40 Å². The zero-order valence-electron chi connectivity index (χ0n) is 20.6. The van der Waals surface area contributed by atoms with E-state index in [1.165, 1.54) is 46.0 Å². The van der Waals surface area contributed by atoms with Gasteiger partial charge < -0.3 is 0 Å². The molecule has 1 atom stereocenters. The van der Waals surface area contributed by atoms with E-state index in [9.17, 15) is 17.6 Å². The van der Waals surface area contributed by atoms with E-state index in [-0.39, 0.29) is 46.1 Å². The molecule has 12 heteroatoms. The van der Waals surface area contributed by atoms with E-state index in [1.807, 2.05) is 13.0 Å². The fourth-order valence-electron chi connectivity index (χ4n) is 5.26. The third-order valence-electron chi connectivity index (χ3n) is 7.23. The molecular weight excluding hydrogens is 582 g/mol. The van der Waals surface area contributed by atoms with E-state index < -0.39 is 15.4 Å². The lowest BCUT2D eigenvalue weighted by Gasteiger charge is -2.44. The fraction of sp³-hybridized carbons (Fsp3) is 0.222. The number of piperidine rings is 1. The highest BCUT2D eigenvalue weighted by molar-refractivity contribution is 7.89. The number of hydrogen-bond acceptors (Lipinski definition) is 6. The lowest BCUT2D eigenvalue weighted by atomic mass is 9.66. The van der Waals surface area contributed by atoms with Crippen molar-refractivity contribution in [3.63, 3.8) is 0 Å². The SMILES string of the molecule is Cc1cnc(C(=O)[C@]23Cc4cnn(-c5ccc(F)cc5)c4C=C2CCN(S(=O)(=O)c2ccc(Cl)c(Cl)c2)C3)s1. The smallest absolute Gasteiger partial charge is 0.243 e. The Bertz CT molecular complexity index is 1770. The Morgan fingerprint density at radius 1 is 1.10 bits per heavy atom. The number of aromatic nitrogens is 3. The molecule has 0 bridgehead atoms. The Morgan fingerprint density at radius 3 is 2.56 bits per heavy atom. The largest absolute Gasteiger partial charge is 0.290 e. The summed E-state index contributed by atoms with van der Waals surface area (Å²) in [6, 6.07) is 10.2. The van der Waals surface area contributed by atoms with Crippen LogP contribution in [-0.2, 0) is 16.4 Å². The first-order valence-corrected chi connectivity index (χ1v) is 15.1. The molecule has 2 aliphatic rings. The van der Waals surface area contributed by atoms with Crippen LogP contribution in [0.1, 0.15) is 32.4 Å². The Morgan fingerprint density at radius 2 is 1.87 bits per heavy atom. The number of hydrogen-bond donors (Lipinski definition) is 0. The molecule has 6 rings (SSSR count). The third kappa shape index (κ3) is 4.44. The van der Waals surface area contributed by atoms with Gasteiger partial charge in [-0.15, -0.1) is 11.3 Å². The minimum absolute atomic E-state index is 0.0117. The number of aryl methyl sites for hydroxylation is 1. The first-order chi connectivity index (χ1) is 18.6. The average Bonchev–Trinajstić information content (AvgIpc) is 3.54. The van der Waals surface area contributed by atoms with Crippen molar-refractivity contribution < 1.29 is 17.6 Å². The van der Waals surface area contributed by atoms with Gasteiger partial charge in [-0.25, -0.2) is 22.5 Å². The minimum atomic E-state index is -3.98. The quantitative estimate of drug-likeness (QED) is 0.262. The molecule has 1 fully saturated rings. The molecular formula is C27H21Cl2FN4O3S2. The normalized spacial score (nSPS) is 19.3. The van der Waals surface area contributed by atoms with Crippen molar-refractivity contribution in [1.29, 1.82) is 0 Å². The van der Waals surface area contributed by atoms with Crippen molar-refractivity contribution in [2.75, 3.05) is 13.1 Å². The summed E-state index contributed by atoms with van der Waals surface area (Å²) < 4.78 is 44.0. The predicted octanol–water partition coefficient (Wildman–Crippen LogP) is 5.99. The Balaban J connectivity index is 1.45. The number of fused-ring (bicyclic) bond motifs is 2. The van der Waals surface area contributed by atoms with E-state index in [4.69, 9.17) is 23.2 Å². The van der Waals surface area contributed by atoms with Crippen molar-refractivity contribution >= 4 is 56.4 Å². The number of carbonyl (C=O) groups excluding carboxylic acids is 1. The number of nitrogens with zero attached hydrogens (tertiary/aromatic N) is 4. The lowest BCUT2D eigenvalue weighted by molar-refractivity contribution is 0.0775. The van der Waals surface area contributed by atoms with Gasteiger partial charge in [0, 0.05) is 24.2 Å². The molecule has 0 radical (unpaired) electrons. The molecule has 2 aromatic carbocycles. The number of ketones is 1. The van der Waals surface area contributed by atoms with Crippen LogP contribution < -0.4 is 0 Å². The highest BCUT2D eigenvalue weighted by Gasteiger charge is 2.51. The molecule has 3 heterocycles. The van der Waals surface area contributed by atoms with Gasteiger partial charge in [-0.3, -0.25) is 4.79 Å². The van der Waals surface area contributed by atoms with Crippen LogP contribution in [0.15, 0.2) is 65.3 Å². The van der Waals surface area contributed by atoms with E-state index in [1.54, 1.807) is 29.2 Å². The maximum Gasteiger partial charge on any atom is 0.243 e. The van der Waals surface area contributed by atoms with Crippen molar-refractivity contribution in [2.45, 2.75) is 24.7 Å². The molecule has 1 saturated heterocycles. The van der Waals surface area contributed by atoms with Gasteiger partial charge in [0.15, 0.2) is 5.01 Å². The summed E-state index contributed by atoms with van der Waals surface area (Å²) in [7, 11) is -3.98. The van der Waals surface area contributed by atoms with Crippen molar-refractivity contribution in [2.24, 2.45) is 5.41 Å². The lowest BCUT2D eigenvalue weighted by Crippen LogP contribution is -2.53. The highest BCUT2D eigenvalue weighted by atomic mass is 35.5. The molecule has 2 aromatic heterocycles. The van der Waals surface area contributed by atoms with Gasteiger partial charge in [-0.05, 0) is 73.9 Å². The number of thiazole rings is 1. The fourth-order valence-corrected chi connectivity index (χ4v) is 7.95. The van der Waals surface area contributed by atoms with Crippen molar-refractivity contribution in [3.05, 3.63) is 97.4 Å². The summed E-state index contributed by atoms with van der Waals surface area (Å²) in [4.78, 5) is 19.4. The summed E-state index contributed by atoms with van der Waals surface area (Å²) in [5.41, 5.74) is 1.92. The van der Waals surface area contributed by atoms with Gasteiger partial charge in [0.1, 0.15) is 5.82 Å². The molecule has 39 heavy (non-hydrogen) atoms. The molecule has 0 unspecified atom stereocenters.